The highest BCUT2D eigenvalue weighted by molar-refractivity contribution is 6.35. The highest BCUT2D eigenvalue weighted by atomic mass is 35.5. The molecule has 0 bridgehead atoms. The van der Waals surface area contributed by atoms with Gasteiger partial charge in [-0.05, 0) is 37.3 Å². The second-order valence-corrected chi connectivity index (χ2v) is 7.39. The molecule has 3 atom stereocenters. The van der Waals surface area contributed by atoms with Crippen molar-refractivity contribution in [2.45, 2.75) is 51.5 Å². The van der Waals surface area contributed by atoms with Gasteiger partial charge >= 0.3 is 0 Å². The lowest BCUT2D eigenvalue weighted by atomic mass is 9.80. The van der Waals surface area contributed by atoms with E-state index in [0.717, 1.165) is 29.3 Å². The van der Waals surface area contributed by atoms with Gasteiger partial charge in [0.25, 0.3) is 0 Å². The predicted molar refractivity (Wildman–Crippen MR) is 90.1 cm³/mol. The van der Waals surface area contributed by atoms with E-state index < -0.39 is 0 Å². The molecule has 114 valence electrons. The van der Waals surface area contributed by atoms with Crippen molar-refractivity contribution >= 4 is 34.2 Å². The number of imidazole rings is 1. The molecule has 2 nitrogen and oxygen atoms in total. The summed E-state index contributed by atoms with van der Waals surface area (Å²) >= 11 is 12.7. The number of hydrogen-bond acceptors (Lipinski definition) is 1. The maximum Gasteiger partial charge on any atom is 0.127 e. The van der Waals surface area contributed by atoms with Gasteiger partial charge in [0.2, 0.25) is 0 Å². The molecule has 3 unspecified atom stereocenters. The third-order valence-corrected chi connectivity index (χ3v) is 5.32. The molecule has 1 aliphatic rings. The summed E-state index contributed by atoms with van der Waals surface area (Å²) in [4.78, 5) is 4.70. The van der Waals surface area contributed by atoms with E-state index in [1.807, 2.05) is 19.1 Å². The predicted octanol–water partition coefficient (Wildman–Crippen LogP) is 5.82. The van der Waals surface area contributed by atoms with Gasteiger partial charge in [0.05, 0.1) is 15.9 Å². The molecule has 0 aliphatic heterocycles. The average Bonchev–Trinajstić information content (AvgIpc) is 2.82. The van der Waals surface area contributed by atoms with E-state index in [2.05, 4.69) is 17.6 Å². The molecule has 1 fully saturated rings. The number of para-hydroxylation sites is 1. The van der Waals surface area contributed by atoms with Gasteiger partial charge in [-0.25, -0.2) is 4.98 Å². The Bertz CT molecular complexity index is 633. The standard InChI is InChI=1S/C17H22Cl2N2/c1-11-6-3-4-7-13(11)10-21-15-9-5-8-14(19)16(15)20-17(21)12(2)18/h5,8-9,11-13H,3-4,6-7,10H2,1-2H3. The van der Waals surface area contributed by atoms with E-state index >= 15 is 0 Å². The number of alkyl halides is 1. The first-order chi connectivity index (χ1) is 10.1. The fraction of sp³-hybridized carbons (Fsp3) is 0.588. The molecule has 21 heavy (non-hydrogen) atoms. The van der Waals surface area contributed by atoms with Crippen LogP contribution in [0.2, 0.25) is 5.02 Å². The van der Waals surface area contributed by atoms with Gasteiger partial charge in [-0.15, -0.1) is 11.6 Å². The molecular weight excluding hydrogens is 303 g/mol. The number of aromatic nitrogens is 2. The van der Waals surface area contributed by atoms with Crippen LogP contribution < -0.4 is 0 Å². The molecule has 0 spiro atoms. The molecule has 0 amide bonds. The normalized spacial score (nSPS) is 24.4. The van der Waals surface area contributed by atoms with Gasteiger partial charge in [-0.1, -0.05) is 43.9 Å². The second kappa shape index (κ2) is 6.18. The fourth-order valence-corrected chi connectivity index (χ4v) is 3.90. The maximum atomic E-state index is 6.36. The molecule has 1 aromatic carbocycles. The van der Waals surface area contributed by atoms with Crippen LogP contribution in [0.25, 0.3) is 11.0 Å². The molecule has 2 aromatic rings. The number of benzene rings is 1. The van der Waals surface area contributed by atoms with Crippen molar-refractivity contribution in [3.05, 3.63) is 29.0 Å². The monoisotopic (exact) mass is 324 g/mol. The Kier molecular flexibility index (Phi) is 4.46. The first-order valence-electron chi connectivity index (χ1n) is 7.86. The lowest BCUT2D eigenvalue weighted by Crippen LogP contribution is -2.23. The first-order valence-corrected chi connectivity index (χ1v) is 8.68. The van der Waals surface area contributed by atoms with Crippen molar-refractivity contribution < 1.29 is 0 Å². The van der Waals surface area contributed by atoms with Gasteiger partial charge in [0.15, 0.2) is 0 Å². The van der Waals surface area contributed by atoms with E-state index in [0.29, 0.717) is 10.9 Å². The van der Waals surface area contributed by atoms with Crippen LogP contribution in [-0.4, -0.2) is 9.55 Å². The van der Waals surface area contributed by atoms with Gasteiger partial charge in [-0.2, -0.15) is 0 Å². The van der Waals surface area contributed by atoms with Gasteiger partial charge in [0, 0.05) is 6.54 Å². The molecule has 1 heterocycles. The van der Waals surface area contributed by atoms with E-state index in [1.54, 1.807) is 0 Å². The molecule has 3 rings (SSSR count). The summed E-state index contributed by atoms with van der Waals surface area (Å²) in [5.74, 6) is 2.43. The largest absolute Gasteiger partial charge is 0.326 e. The molecular formula is C17H22Cl2N2. The van der Waals surface area contributed by atoms with Gasteiger partial charge in [-0.3, -0.25) is 0 Å². The van der Waals surface area contributed by atoms with Gasteiger partial charge < -0.3 is 4.57 Å². The summed E-state index contributed by atoms with van der Waals surface area (Å²) in [6.07, 6.45) is 5.35. The minimum atomic E-state index is -0.104. The Balaban J connectivity index is 2.03. The Labute approximate surface area is 136 Å². The van der Waals surface area contributed by atoms with E-state index in [-0.39, 0.29) is 5.38 Å². The van der Waals surface area contributed by atoms with Crippen molar-refractivity contribution in [1.29, 1.82) is 0 Å². The van der Waals surface area contributed by atoms with Crippen LogP contribution in [0.1, 0.15) is 50.7 Å². The Hall–Kier alpha value is -0.730. The summed E-state index contributed by atoms with van der Waals surface area (Å²) in [5.41, 5.74) is 1.99. The molecule has 4 heteroatoms. The number of nitrogens with zero attached hydrogens (tertiary/aromatic N) is 2. The van der Waals surface area contributed by atoms with Crippen LogP contribution in [-0.2, 0) is 6.54 Å². The number of halogens is 2. The minimum absolute atomic E-state index is 0.104. The minimum Gasteiger partial charge on any atom is -0.326 e. The van der Waals surface area contributed by atoms with E-state index in [1.165, 1.54) is 25.7 Å². The number of rotatable bonds is 3. The molecule has 0 N–H and O–H groups in total. The average molecular weight is 325 g/mol. The van der Waals surface area contributed by atoms with Crippen LogP contribution in [0.15, 0.2) is 18.2 Å². The second-order valence-electron chi connectivity index (χ2n) is 6.33. The highest BCUT2D eigenvalue weighted by Gasteiger charge is 2.25. The Morgan fingerprint density at radius 2 is 2.10 bits per heavy atom. The van der Waals surface area contributed by atoms with Crippen LogP contribution in [0.3, 0.4) is 0 Å². The first kappa shape index (κ1) is 15.2. The van der Waals surface area contributed by atoms with Crippen LogP contribution >= 0.6 is 23.2 Å². The quantitative estimate of drug-likeness (QED) is 0.651. The molecule has 0 saturated heterocycles. The zero-order chi connectivity index (χ0) is 15.0. The van der Waals surface area contributed by atoms with Crippen molar-refractivity contribution in [3.63, 3.8) is 0 Å². The molecule has 1 saturated carbocycles. The summed E-state index contributed by atoms with van der Waals surface area (Å²) in [5, 5.41) is 0.605. The zero-order valence-electron chi connectivity index (χ0n) is 12.6. The number of fused-ring (bicyclic) bond motifs is 1. The molecule has 1 aliphatic carbocycles. The van der Waals surface area contributed by atoms with Crippen molar-refractivity contribution in [2.24, 2.45) is 11.8 Å². The smallest absolute Gasteiger partial charge is 0.127 e. The molecule has 1 aromatic heterocycles. The van der Waals surface area contributed by atoms with E-state index in [4.69, 9.17) is 28.2 Å². The third-order valence-electron chi connectivity index (χ3n) is 4.82. The van der Waals surface area contributed by atoms with Crippen molar-refractivity contribution in [2.75, 3.05) is 0 Å². The third kappa shape index (κ3) is 2.93. The Morgan fingerprint density at radius 3 is 2.81 bits per heavy atom. The fourth-order valence-electron chi connectivity index (χ4n) is 3.53. The maximum absolute atomic E-state index is 6.36. The summed E-state index contributed by atoms with van der Waals surface area (Å²) in [7, 11) is 0. The van der Waals surface area contributed by atoms with Crippen molar-refractivity contribution in [1.82, 2.24) is 9.55 Å². The zero-order valence-corrected chi connectivity index (χ0v) is 14.2. The summed E-state index contributed by atoms with van der Waals surface area (Å²) in [6, 6.07) is 5.99. The van der Waals surface area contributed by atoms with Crippen LogP contribution in [0.4, 0.5) is 0 Å². The lowest BCUT2D eigenvalue weighted by molar-refractivity contribution is 0.228. The Morgan fingerprint density at radius 1 is 1.33 bits per heavy atom. The van der Waals surface area contributed by atoms with Crippen LogP contribution in [0.5, 0.6) is 0 Å². The van der Waals surface area contributed by atoms with Crippen LogP contribution in [0, 0.1) is 11.8 Å². The summed E-state index contributed by atoms with van der Waals surface area (Å²) < 4.78 is 2.30. The van der Waals surface area contributed by atoms with E-state index in [9.17, 15) is 0 Å². The lowest BCUT2D eigenvalue weighted by Gasteiger charge is -2.30. The SMILES string of the molecule is CC(Cl)c1nc2c(Cl)cccc2n1CC1CCCCC1C. The van der Waals surface area contributed by atoms with Gasteiger partial charge in [0.1, 0.15) is 11.3 Å². The van der Waals surface area contributed by atoms with Crippen molar-refractivity contribution in [3.8, 4) is 0 Å². The topological polar surface area (TPSA) is 17.8 Å². The highest BCUT2D eigenvalue weighted by Crippen LogP contribution is 2.34. The molecule has 0 radical (unpaired) electrons. The number of hydrogen-bond donors (Lipinski definition) is 0. The summed E-state index contributed by atoms with van der Waals surface area (Å²) in [6.45, 7) is 5.36.